The van der Waals surface area contributed by atoms with Crippen LogP contribution in [-0.2, 0) is 18.3 Å². The number of allylic oxidation sites excluding steroid dienone is 2. The van der Waals surface area contributed by atoms with Crippen molar-refractivity contribution in [1.29, 1.82) is 0 Å². The van der Waals surface area contributed by atoms with E-state index in [4.69, 9.17) is 0 Å². The topological polar surface area (TPSA) is 114 Å². The van der Waals surface area contributed by atoms with Gasteiger partial charge in [0.15, 0.2) is 0 Å². The minimum absolute atomic E-state index is 0. The summed E-state index contributed by atoms with van der Waals surface area (Å²) in [5.41, 5.74) is 1.73. The number of hydrogen-bond donors (Lipinski definition) is 0. The zero-order valence-electron chi connectivity index (χ0n) is 13.1. The van der Waals surface area contributed by atoms with Crippen molar-refractivity contribution < 1.29 is 85.1 Å². The van der Waals surface area contributed by atoms with Gasteiger partial charge in [0.2, 0.25) is 0 Å². The zero-order valence-corrected chi connectivity index (χ0v) is 20.3. The summed E-state index contributed by atoms with van der Waals surface area (Å²) in [6, 6.07) is 0. The molecule has 0 N–H and O–H groups in total. The summed E-state index contributed by atoms with van der Waals surface area (Å²) in [7, 11) is -8.29. The summed E-state index contributed by atoms with van der Waals surface area (Å²) in [5, 5.41) is 0. The van der Waals surface area contributed by atoms with Crippen LogP contribution in [0.2, 0.25) is 0 Å². The second-order valence-corrected chi connectivity index (χ2v) is 10.6. The third-order valence-corrected chi connectivity index (χ3v) is 5.85. The van der Waals surface area contributed by atoms with Gasteiger partial charge < -0.3 is 9.11 Å². The molecule has 0 fully saturated rings. The van der Waals surface area contributed by atoms with Crippen molar-refractivity contribution in [2.24, 2.45) is 0 Å². The molecule has 118 valence electrons. The summed E-state index contributed by atoms with van der Waals surface area (Å²) in [5.74, 6) is -0.0860. The Morgan fingerprint density at radius 3 is 1.86 bits per heavy atom. The third-order valence-electron chi connectivity index (χ3n) is 1.99. The van der Waals surface area contributed by atoms with Gasteiger partial charge in [-0.3, -0.25) is 0 Å². The monoisotopic (exact) mass is 406 g/mol. The molecule has 0 heterocycles. The van der Waals surface area contributed by atoms with Crippen LogP contribution in [0.25, 0.3) is 0 Å². The molecule has 0 saturated carbocycles. The maximum atomic E-state index is 10.6. The summed E-state index contributed by atoms with van der Waals surface area (Å²) >= 11 is 0. The van der Waals surface area contributed by atoms with Crippen LogP contribution in [0, 0.1) is 0 Å². The Balaban J connectivity index is -0.00000180. The van der Waals surface area contributed by atoms with Gasteiger partial charge in [-0.05, 0) is 48.3 Å². The van der Waals surface area contributed by atoms with Crippen LogP contribution in [0.4, 0.5) is 0 Å². The maximum absolute atomic E-state index is 10.6. The molecule has 0 aliphatic heterocycles. The summed E-state index contributed by atoms with van der Waals surface area (Å²) in [4.78, 5) is 0. The van der Waals surface area contributed by atoms with E-state index in [1.807, 2.05) is 19.9 Å². The quantitative estimate of drug-likeness (QED) is 0.165. The summed E-state index contributed by atoms with van der Waals surface area (Å²) < 4.78 is 63.1. The van der Waals surface area contributed by atoms with E-state index in [0.29, 0.717) is 18.4 Å². The van der Waals surface area contributed by atoms with Crippen LogP contribution >= 0.6 is 21.6 Å². The molecule has 0 spiro atoms. The van der Waals surface area contributed by atoms with Gasteiger partial charge in [0.1, 0.15) is 18.3 Å². The van der Waals surface area contributed by atoms with E-state index in [9.17, 15) is 25.9 Å². The van der Waals surface area contributed by atoms with E-state index >= 15 is 0 Å². The molecule has 0 unspecified atom stereocenters. The number of rotatable bonds is 9. The normalized spacial score (nSPS) is 12.1. The molecule has 0 radical (unpaired) electrons. The van der Waals surface area contributed by atoms with Crippen molar-refractivity contribution >= 4 is 39.9 Å². The standard InChI is InChI=1S/C10H18O6S4.2Na/c1-9(2)4-3-5-10(8-18-20(14,15)16)6-7-17-19(11,12)13;;/h4,6H,3,5,7-8H2,1-2H3,(H,11,12,13)(H,14,15,16);;/q;2*+1/p-2/b10-6-;;. The zero-order chi connectivity index (χ0) is 15.8. The van der Waals surface area contributed by atoms with Gasteiger partial charge in [-0.2, -0.15) is 0 Å². The van der Waals surface area contributed by atoms with Gasteiger partial charge in [0.05, 0.1) is 0 Å². The summed E-state index contributed by atoms with van der Waals surface area (Å²) in [6.07, 6.45) is 4.59. The van der Waals surface area contributed by atoms with Crippen molar-refractivity contribution in [3.63, 3.8) is 0 Å². The van der Waals surface area contributed by atoms with E-state index in [-0.39, 0.29) is 92.2 Å². The first kappa shape index (κ1) is 28.8. The van der Waals surface area contributed by atoms with Crippen LogP contribution in [0.15, 0.2) is 23.3 Å². The minimum atomic E-state index is -4.39. The Morgan fingerprint density at radius 1 is 0.955 bits per heavy atom. The maximum Gasteiger partial charge on any atom is 1.00 e. The van der Waals surface area contributed by atoms with Crippen molar-refractivity contribution in [3.8, 4) is 0 Å². The fourth-order valence-corrected chi connectivity index (χ4v) is 3.78. The Bertz CT molecular complexity index is 564. The average Bonchev–Trinajstić information content (AvgIpc) is 2.21. The fraction of sp³-hybridized carbons (Fsp3) is 0.600. The molecule has 0 atom stereocenters. The van der Waals surface area contributed by atoms with E-state index in [1.54, 1.807) is 0 Å². The van der Waals surface area contributed by atoms with Crippen LogP contribution in [0.5, 0.6) is 0 Å². The number of hydrogen-bond acceptors (Lipinski definition) is 8. The first-order chi connectivity index (χ1) is 8.99. The van der Waals surface area contributed by atoms with E-state index in [0.717, 1.165) is 5.57 Å². The van der Waals surface area contributed by atoms with Gasteiger partial charge in [0.25, 0.3) is 0 Å². The molecule has 0 amide bonds. The average molecular weight is 406 g/mol. The Morgan fingerprint density at radius 2 is 1.45 bits per heavy atom. The smallest absolute Gasteiger partial charge is 0.739 e. The van der Waals surface area contributed by atoms with Crippen molar-refractivity contribution in [1.82, 2.24) is 0 Å². The van der Waals surface area contributed by atoms with Crippen LogP contribution in [-0.4, -0.2) is 37.4 Å². The Hall–Kier alpha value is 2.00. The molecule has 0 aromatic carbocycles. The van der Waals surface area contributed by atoms with Gasteiger partial charge >= 0.3 is 59.1 Å². The van der Waals surface area contributed by atoms with Gasteiger partial charge in [-0.25, -0.2) is 16.8 Å². The molecule has 22 heavy (non-hydrogen) atoms. The van der Waals surface area contributed by atoms with Gasteiger partial charge in [-0.1, -0.05) is 23.3 Å². The molecule has 0 aliphatic rings. The molecule has 0 aromatic heterocycles. The largest absolute Gasteiger partial charge is 1.00 e. The van der Waals surface area contributed by atoms with Crippen LogP contribution in [0.1, 0.15) is 26.7 Å². The van der Waals surface area contributed by atoms with Crippen molar-refractivity contribution in [2.75, 3.05) is 11.5 Å². The molecule has 6 nitrogen and oxygen atoms in total. The van der Waals surface area contributed by atoms with E-state index in [1.165, 1.54) is 6.08 Å². The van der Waals surface area contributed by atoms with Crippen LogP contribution in [0.3, 0.4) is 0 Å². The molecule has 0 saturated heterocycles. The molecule has 0 rings (SSSR count). The first-order valence-electron chi connectivity index (χ1n) is 5.51. The van der Waals surface area contributed by atoms with E-state index in [2.05, 4.69) is 0 Å². The minimum Gasteiger partial charge on any atom is -0.739 e. The molecular formula is C10H16Na2O6S4. The first-order valence-corrected chi connectivity index (χ1v) is 11.3. The molecule has 0 bridgehead atoms. The summed E-state index contributed by atoms with van der Waals surface area (Å²) in [6.45, 7) is 3.83. The fourth-order valence-electron chi connectivity index (χ4n) is 1.16. The Labute approximate surface area is 184 Å². The molecule has 0 aromatic rings. The van der Waals surface area contributed by atoms with Gasteiger partial charge in [0, 0.05) is 11.5 Å². The predicted octanol–water partition coefficient (Wildman–Crippen LogP) is -3.95. The SMILES string of the molecule is CC(C)=CCC/C(=C/CSS(=O)(=O)[O-])CSS(=O)(=O)[O-].[Na+].[Na+]. The molecular weight excluding hydrogens is 390 g/mol. The second-order valence-electron chi connectivity index (χ2n) is 4.05. The molecule has 0 aliphatic carbocycles. The Kier molecular flexibility index (Phi) is 18.6. The third kappa shape index (κ3) is 22.0. The van der Waals surface area contributed by atoms with Crippen LogP contribution < -0.4 is 59.1 Å². The second kappa shape index (κ2) is 14.2. The predicted molar refractivity (Wildman–Crippen MR) is 81.1 cm³/mol. The van der Waals surface area contributed by atoms with Crippen molar-refractivity contribution in [3.05, 3.63) is 23.3 Å². The molecule has 12 heteroatoms. The van der Waals surface area contributed by atoms with Crippen molar-refractivity contribution in [2.45, 2.75) is 26.7 Å². The van der Waals surface area contributed by atoms with E-state index < -0.39 is 18.3 Å². The van der Waals surface area contributed by atoms with Gasteiger partial charge in [-0.15, -0.1) is 0 Å².